The smallest absolute Gasteiger partial charge is 0.312 e. The van der Waals surface area contributed by atoms with Crippen LogP contribution in [0.25, 0.3) is 10.4 Å². The molecule has 0 bridgehead atoms. The van der Waals surface area contributed by atoms with E-state index < -0.39 is 17.3 Å². The standard InChI is InChI=1S/C13H10F3N5O/c14-13(15,16)11-4-10(2-1-9(11)5-17)21-7-8(3-12(21)22)6-19-20-18/h1-2,4,8H,3,6-7H2. The Hall–Kier alpha value is -2.72. The fourth-order valence-corrected chi connectivity index (χ4v) is 2.34. The second kappa shape index (κ2) is 5.95. The van der Waals surface area contributed by atoms with Crippen LogP contribution in [0.15, 0.2) is 23.3 Å². The van der Waals surface area contributed by atoms with Gasteiger partial charge in [0.15, 0.2) is 0 Å². The summed E-state index contributed by atoms with van der Waals surface area (Å²) in [7, 11) is 0. The average Bonchev–Trinajstić information content (AvgIpc) is 2.84. The van der Waals surface area contributed by atoms with Crippen molar-refractivity contribution < 1.29 is 18.0 Å². The number of carbonyl (C=O) groups excluding carboxylic acids is 1. The Morgan fingerprint density at radius 3 is 2.82 bits per heavy atom. The lowest BCUT2D eigenvalue weighted by Gasteiger charge is -2.19. The third kappa shape index (κ3) is 3.13. The van der Waals surface area contributed by atoms with E-state index in [1.54, 1.807) is 0 Å². The summed E-state index contributed by atoms with van der Waals surface area (Å²) in [6.45, 7) is 0.294. The molecule has 1 heterocycles. The van der Waals surface area contributed by atoms with Crippen LogP contribution in [0.5, 0.6) is 0 Å². The third-order valence-electron chi connectivity index (χ3n) is 3.35. The Balaban J connectivity index is 2.32. The first kappa shape index (κ1) is 15.7. The number of carbonyl (C=O) groups is 1. The van der Waals surface area contributed by atoms with Gasteiger partial charge < -0.3 is 4.90 Å². The van der Waals surface area contributed by atoms with E-state index in [1.807, 2.05) is 0 Å². The molecule has 1 aliphatic heterocycles. The van der Waals surface area contributed by atoms with E-state index in [4.69, 9.17) is 10.8 Å². The summed E-state index contributed by atoms with van der Waals surface area (Å²) < 4.78 is 38.8. The van der Waals surface area contributed by atoms with Gasteiger partial charge in [0.05, 0.1) is 17.2 Å². The SMILES string of the molecule is N#Cc1ccc(N2CC(CN=[N+]=[N-])CC2=O)cc1C(F)(F)F. The van der Waals surface area contributed by atoms with Gasteiger partial charge in [-0.05, 0) is 29.6 Å². The number of benzene rings is 1. The van der Waals surface area contributed by atoms with Crippen molar-refractivity contribution >= 4 is 11.6 Å². The number of azide groups is 1. The van der Waals surface area contributed by atoms with Crippen LogP contribution < -0.4 is 4.90 Å². The zero-order valence-corrected chi connectivity index (χ0v) is 11.2. The normalized spacial score (nSPS) is 18.0. The van der Waals surface area contributed by atoms with Crippen molar-refractivity contribution in [2.75, 3.05) is 18.0 Å². The Bertz CT molecular complexity index is 688. The van der Waals surface area contributed by atoms with Gasteiger partial charge in [-0.1, -0.05) is 5.11 Å². The lowest BCUT2D eigenvalue weighted by molar-refractivity contribution is -0.137. The highest BCUT2D eigenvalue weighted by Gasteiger charge is 2.36. The summed E-state index contributed by atoms with van der Waals surface area (Å²) in [5.74, 6) is -0.565. The van der Waals surface area contributed by atoms with Crippen molar-refractivity contribution in [1.29, 1.82) is 5.26 Å². The molecule has 1 amide bonds. The van der Waals surface area contributed by atoms with E-state index >= 15 is 0 Å². The fraction of sp³-hybridized carbons (Fsp3) is 0.385. The van der Waals surface area contributed by atoms with Crippen LogP contribution >= 0.6 is 0 Å². The Morgan fingerprint density at radius 2 is 2.23 bits per heavy atom. The monoisotopic (exact) mass is 309 g/mol. The second-order valence-electron chi connectivity index (χ2n) is 4.83. The van der Waals surface area contributed by atoms with Crippen molar-refractivity contribution in [3.05, 3.63) is 39.8 Å². The van der Waals surface area contributed by atoms with Crippen molar-refractivity contribution in [3.63, 3.8) is 0 Å². The Morgan fingerprint density at radius 1 is 1.50 bits per heavy atom. The van der Waals surface area contributed by atoms with Crippen LogP contribution in [-0.4, -0.2) is 19.0 Å². The molecule has 114 valence electrons. The predicted octanol–water partition coefficient (Wildman–Crippen LogP) is 3.24. The van der Waals surface area contributed by atoms with Gasteiger partial charge in [0.2, 0.25) is 5.91 Å². The molecule has 1 atom stereocenters. The summed E-state index contributed by atoms with van der Waals surface area (Å²) in [4.78, 5) is 15.7. The molecular weight excluding hydrogens is 299 g/mol. The van der Waals surface area contributed by atoms with Crippen LogP contribution in [0.4, 0.5) is 18.9 Å². The van der Waals surface area contributed by atoms with Crippen molar-refractivity contribution in [2.45, 2.75) is 12.6 Å². The van der Waals surface area contributed by atoms with Crippen molar-refractivity contribution in [1.82, 2.24) is 0 Å². The number of hydrogen-bond acceptors (Lipinski definition) is 3. The number of halogens is 3. The van der Waals surface area contributed by atoms with E-state index in [9.17, 15) is 18.0 Å². The molecule has 0 aromatic heterocycles. The van der Waals surface area contributed by atoms with E-state index in [0.717, 1.165) is 12.1 Å². The highest BCUT2D eigenvalue weighted by atomic mass is 19.4. The number of rotatable bonds is 3. The molecule has 0 radical (unpaired) electrons. The van der Waals surface area contributed by atoms with E-state index in [-0.39, 0.29) is 37.0 Å². The molecule has 1 saturated heterocycles. The van der Waals surface area contributed by atoms with Crippen LogP contribution in [-0.2, 0) is 11.0 Å². The van der Waals surface area contributed by atoms with Gasteiger partial charge in [0, 0.05) is 30.1 Å². The first-order valence-corrected chi connectivity index (χ1v) is 6.29. The molecule has 1 fully saturated rings. The minimum Gasteiger partial charge on any atom is -0.312 e. The maximum absolute atomic E-state index is 12.9. The molecule has 0 aliphatic carbocycles. The predicted molar refractivity (Wildman–Crippen MR) is 70.6 cm³/mol. The lowest BCUT2D eigenvalue weighted by Crippen LogP contribution is -2.25. The molecule has 0 saturated carbocycles. The maximum Gasteiger partial charge on any atom is 0.417 e. The third-order valence-corrected chi connectivity index (χ3v) is 3.35. The van der Waals surface area contributed by atoms with E-state index in [1.165, 1.54) is 17.0 Å². The summed E-state index contributed by atoms with van der Waals surface area (Å²) in [5.41, 5.74) is 6.78. The topological polar surface area (TPSA) is 92.9 Å². The highest BCUT2D eigenvalue weighted by Crippen LogP contribution is 2.35. The quantitative estimate of drug-likeness (QED) is 0.487. The molecule has 0 spiro atoms. The van der Waals surface area contributed by atoms with Gasteiger partial charge in [-0.3, -0.25) is 4.79 Å². The number of nitriles is 1. The van der Waals surface area contributed by atoms with Gasteiger partial charge in [0.25, 0.3) is 0 Å². The molecule has 1 aromatic rings. The molecule has 0 N–H and O–H groups in total. The Kier molecular flexibility index (Phi) is 4.24. The lowest BCUT2D eigenvalue weighted by atomic mass is 10.1. The summed E-state index contributed by atoms with van der Waals surface area (Å²) in [6, 6.07) is 4.64. The van der Waals surface area contributed by atoms with Gasteiger partial charge >= 0.3 is 6.18 Å². The molecule has 1 unspecified atom stereocenters. The first-order chi connectivity index (χ1) is 10.4. The summed E-state index contributed by atoms with van der Waals surface area (Å²) in [5, 5.41) is 12.1. The second-order valence-corrected chi connectivity index (χ2v) is 4.83. The molecule has 22 heavy (non-hydrogen) atoms. The van der Waals surface area contributed by atoms with Crippen molar-refractivity contribution in [2.24, 2.45) is 11.0 Å². The zero-order valence-electron chi connectivity index (χ0n) is 11.2. The summed E-state index contributed by atoms with van der Waals surface area (Å²) in [6.07, 6.45) is -4.56. The number of hydrogen-bond donors (Lipinski definition) is 0. The largest absolute Gasteiger partial charge is 0.417 e. The van der Waals surface area contributed by atoms with Crippen LogP contribution in [0.1, 0.15) is 17.5 Å². The number of anilines is 1. The molecule has 6 nitrogen and oxygen atoms in total. The minimum atomic E-state index is -4.67. The highest BCUT2D eigenvalue weighted by molar-refractivity contribution is 5.96. The van der Waals surface area contributed by atoms with E-state index in [2.05, 4.69) is 10.0 Å². The average molecular weight is 309 g/mol. The first-order valence-electron chi connectivity index (χ1n) is 6.29. The molecular formula is C13H10F3N5O. The summed E-state index contributed by atoms with van der Waals surface area (Å²) >= 11 is 0. The van der Waals surface area contributed by atoms with Crippen LogP contribution in [0, 0.1) is 17.2 Å². The van der Waals surface area contributed by atoms with Gasteiger partial charge in [0.1, 0.15) is 0 Å². The molecule has 1 aliphatic rings. The van der Waals surface area contributed by atoms with Crippen molar-refractivity contribution in [3.8, 4) is 6.07 Å². The molecule has 2 rings (SSSR count). The van der Waals surface area contributed by atoms with Crippen LogP contribution in [0.2, 0.25) is 0 Å². The van der Waals surface area contributed by atoms with E-state index in [0.29, 0.717) is 0 Å². The maximum atomic E-state index is 12.9. The fourth-order valence-electron chi connectivity index (χ4n) is 2.34. The minimum absolute atomic E-state index is 0.0831. The van der Waals surface area contributed by atoms with Gasteiger partial charge in [-0.2, -0.15) is 18.4 Å². The number of alkyl halides is 3. The van der Waals surface area contributed by atoms with Gasteiger partial charge in [-0.25, -0.2) is 0 Å². The Labute approximate surface area is 123 Å². The van der Waals surface area contributed by atoms with Crippen LogP contribution in [0.3, 0.4) is 0 Å². The van der Waals surface area contributed by atoms with Gasteiger partial charge in [-0.15, -0.1) is 0 Å². The zero-order chi connectivity index (χ0) is 16.3. The molecule has 1 aromatic carbocycles. The molecule has 9 heteroatoms. The number of amides is 1. The number of nitrogens with zero attached hydrogens (tertiary/aromatic N) is 5.